The number of benzene rings is 1. The van der Waals surface area contributed by atoms with E-state index in [1.165, 1.54) is 29.5 Å². The summed E-state index contributed by atoms with van der Waals surface area (Å²) in [5, 5.41) is 13.4. The lowest BCUT2D eigenvalue weighted by Crippen LogP contribution is -2.50. The van der Waals surface area contributed by atoms with Gasteiger partial charge in [0.05, 0.1) is 6.61 Å². The van der Waals surface area contributed by atoms with Gasteiger partial charge in [0.15, 0.2) is 0 Å². The Hall–Kier alpha value is -0.860. The highest BCUT2D eigenvalue weighted by molar-refractivity contribution is 5.29. The predicted octanol–water partition coefficient (Wildman–Crippen LogP) is 3.33. The lowest BCUT2D eigenvalue weighted by Gasteiger charge is -2.39. The molecule has 0 aromatic heterocycles. The molecule has 0 amide bonds. The van der Waals surface area contributed by atoms with Crippen molar-refractivity contribution in [1.29, 1.82) is 0 Å². The number of nitrogens with one attached hydrogen (secondary N) is 1. The van der Waals surface area contributed by atoms with E-state index >= 15 is 0 Å². The van der Waals surface area contributed by atoms with Crippen LogP contribution in [-0.4, -0.2) is 17.3 Å². The highest BCUT2D eigenvalue weighted by Crippen LogP contribution is 2.31. The standard InChI is InChI=1S/C17H27NO/c1-13-6-8-17(12-19,9-7-13)18-11-16-5-4-14(2)15(3)10-16/h4-5,10,13,18-19H,6-9,11-12H2,1-3H3. The van der Waals surface area contributed by atoms with E-state index in [0.717, 1.165) is 25.3 Å². The van der Waals surface area contributed by atoms with Crippen LogP contribution in [0.2, 0.25) is 0 Å². The quantitative estimate of drug-likeness (QED) is 0.871. The summed E-state index contributed by atoms with van der Waals surface area (Å²) < 4.78 is 0. The summed E-state index contributed by atoms with van der Waals surface area (Å²) in [6.07, 6.45) is 4.63. The van der Waals surface area contributed by atoms with Crippen LogP contribution in [-0.2, 0) is 6.54 Å². The third kappa shape index (κ3) is 3.58. The first kappa shape index (κ1) is 14.5. The van der Waals surface area contributed by atoms with E-state index in [1.807, 2.05) is 0 Å². The Bertz CT molecular complexity index is 419. The second kappa shape index (κ2) is 6.06. The molecule has 0 bridgehead atoms. The number of hydrogen-bond acceptors (Lipinski definition) is 2. The molecule has 1 aliphatic rings. The van der Waals surface area contributed by atoms with Crippen molar-refractivity contribution in [2.24, 2.45) is 5.92 Å². The van der Waals surface area contributed by atoms with Gasteiger partial charge in [0, 0.05) is 12.1 Å². The number of hydrogen-bond donors (Lipinski definition) is 2. The van der Waals surface area contributed by atoms with Gasteiger partial charge >= 0.3 is 0 Å². The first-order chi connectivity index (χ1) is 9.04. The van der Waals surface area contributed by atoms with Crippen LogP contribution in [0.4, 0.5) is 0 Å². The van der Waals surface area contributed by atoms with E-state index in [4.69, 9.17) is 0 Å². The second-order valence-electron chi connectivity index (χ2n) is 6.39. The molecule has 0 unspecified atom stereocenters. The lowest BCUT2D eigenvalue weighted by molar-refractivity contribution is 0.104. The fourth-order valence-corrected chi connectivity index (χ4v) is 2.91. The minimum absolute atomic E-state index is 0.0503. The smallest absolute Gasteiger partial charge is 0.0613 e. The van der Waals surface area contributed by atoms with Gasteiger partial charge in [0.2, 0.25) is 0 Å². The average Bonchev–Trinajstić information content (AvgIpc) is 2.42. The molecule has 2 N–H and O–H groups in total. The average molecular weight is 261 g/mol. The van der Waals surface area contributed by atoms with Crippen LogP contribution in [0.15, 0.2) is 18.2 Å². The van der Waals surface area contributed by atoms with Gasteiger partial charge < -0.3 is 10.4 Å². The third-order valence-corrected chi connectivity index (χ3v) is 4.77. The maximum Gasteiger partial charge on any atom is 0.0613 e. The van der Waals surface area contributed by atoms with E-state index in [2.05, 4.69) is 44.3 Å². The molecule has 106 valence electrons. The van der Waals surface area contributed by atoms with Gasteiger partial charge in [-0.3, -0.25) is 0 Å². The molecule has 2 heteroatoms. The molecule has 0 atom stereocenters. The molecule has 0 heterocycles. The Morgan fingerprint density at radius 1 is 1.21 bits per heavy atom. The van der Waals surface area contributed by atoms with Gasteiger partial charge in [0.1, 0.15) is 0 Å². The molecule has 2 nitrogen and oxygen atoms in total. The number of aliphatic hydroxyl groups excluding tert-OH is 1. The van der Waals surface area contributed by atoms with Crippen molar-refractivity contribution in [2.75, 3.05) is 6.61 Å². The van der Waals surface area contributed by atoms with Crippen molar-refractivity contribution >= 4 is 0 Å². The van der Waals surface area contributed by atoms with Gasteiger partial charge in [-0.2, -0.15) is 0 Å². The zero-order valence-electron chi connectivity index (χ0n) is 12.5. The Labute approximate surface area is 117 Å². The normalized spacial score (nSPS) is 27.5. The minimum atomic E-state index is -0.0503. The summed E-state index contributed by atoms with van der Waals surface area (Å²) in [5.74, 6) is 0.808. The van der Waals surface area contributed by atoms with Crippen molar-refractivity contribution in [2.45, 2.75) is 58.5 Å². The molecule has 0 saturated heterocycles. The molecule has 2 rings (SSSR count). The first-order valence-corrected chi connectivity index (χ1v) is 7.47. The summed E-state index contributed by atoms with van der Waals surface area (Å²) in [7, 11) is 0. The van der Waals surface area contributed by atoms with E-state index in [0.29, 0.717) is 0 Å². The molecule has 1 saturated carbocycles. The monoisotopic (exact) mass is 261 g/mol. The van der Waals surface area contributed by atoms with E-state index in [1.54, 1.807) is 0 Å². The Morgan fingerprint density at radius 2 is 1.89 bits per heavy atom. The number of rotatable bonds is 4. The number of aliphatic hydroxyl groups is 1. The van der Waals surface area contributed by atoms with Crippen LogP contribution in [0.25, 0.3) is 0 Å². The molecule has 1 aromatic carbocycles. The van der Waals surface area contributed by atoms with Crippen LogP contribution in [0.5, 0.6) is 0 Å². The van der Waals surface area contributed by atoms with Crippen LogP contribution < -0.4 is 5.32 Å². The van der Waals surface area contributed by atoms with E-state index in [9.17, 15) is 5.11 Å². The molecule has 1 aromatic rings. The Kier molecular flexibility index (Phi) is 4.64. The van der Waals surface area contributed by atoms with Gasteiger partial charge in [-0.05, 0) is 62.1 Å². The Balaban J connectivity index is 1.97. The Morgan fingerprint density at radius 3 is 2.47 bits per heavy atom. The second-order valence-corrected chi connectivity index (χ2v) is 6.39. The molecular weight excluding hydrogens is 234 g/mol. The lowest BCUT2D eigenvalue weighted by atomic mass is 9.77. The highest BCUT2D eigenvalue weighted by atomic mass is 16.3. The summed E-state index contributed by atoms with van der Waals surface area (Å²) in [6, 6.07) is 6.62. The molecule has 0 radical (unpaired) electrons. The van der Waals surface area contributed by atoms with Gasteiger partial charge in [0.25, 0.3) is 0 Å². The van der Waals surface area contributed by atoms with Gasteiger partial charge in [-0.25, -0.2) is 0 Å². The maximum atomic E-state index is 9.74. The van der Waals surface area contributed by atoms with Crippen molar-refractivity contribution in [3.05, 3.63) is 34.9 Å². The highest BCUT2D eigenvalue weighted by Gasteiger charge is 2.32. The van der Waals surface area contributed by atoms with Crippen LogP contribution in [0.3, 0.4) is 0 Å². The zero-order chi connectivity index (χ0) is 13.9. The van der Waals surface area contributed by atoms with Crippen molar-refractivity contribution in [3.8, 4) is 0 Å². The molecular formula is C17H27NO. The predicted molar refractivity (Wildman–Crippen MR) is 80.2 cm³/mol. The third-order valence-electron chi connectivity index (χ3n) is 4.77. The van der Waals surface area contributed by atoms with Gasteiger partial charge in [-0.1, -0.05) is 25.1 Å². The topological polar surface area (TPSA) is 32.3 Å². The molecule has 0 spiro atoms. The fraction of sp³-hybridized carbons (Fsp3) is 0.647. The van der Waals surface area contributed by atoms with Crippen molar-refractivity contribution in [1.82, 2.24) is 5.32 Å². The zero-order valence-corrected chi connectivity index (χ0v) is 12.5. The summed E-state index contributed by atoms with van der Waals surface area (Å²) >= 11 is 0. The fourth-order valence-electron chi connectivity index (χ4n) is 2.91. The molecule has 1 aliphatic carbocycles. The van der Waals surface area contributed by atoms with Crippen LogP contribution in [0.1, 0.15) is 49.3 Å². The van der Waals surface area contributed by atoms with E-state index < -0.39 is 0 Å². The summed E-state index contributed by atoms with van der Waals surface area (Å²) in [5.41, 5.74) is 3.95. The maximum absolute atomic E-state index is 9.74. The number of aryl methyl sites for hydroxylation is 2. The summed E-state index contributed by atoms with van der Waals surface area (Å²) in [4.78, 5) is 0. The van der Waals surface area contributed by atoms with Crippen LogP contribution in [0, 0.1) is 19.8 Å². The minimum Gasteiger partial charge on any atom is -0.394 e. The van der Waals surface area contributed by atoms with Crippen molar-refractivity contribution in [3.63, 3.8) is 0 Å². The first-order valence-electron chi connectivity index (χ1n) is 7.47. The van der Waals surface area contributed by atoms with Crippen LogP contribution >= 0.6 is 0 Å². The summed E-state index contributed by atoms with van der Waals surface area (Å²) in [6.45, 7) is 7.72. The SMILES string of the molecule is Cc1ccc(CNC2(CO)CCC(C)CC2)cc1C. The molecule has 1 fully saturated rings. The molecule has 19 heavy (non-hydrogen) atoms. The van der Waals surface area contributed by atoms with Gasteiger partial charge in [-0.15, -0.1) is 0 Å². The largest absolute Gasteiger partial charge is 0.394 e. The van der Waals surface area contributed by atoms with E-state index in [-0.39, 0.29) is 12.1 Å². The molecule has 0 aliphatic heterocycles. The van der Waals surface area contributed by atoms with Crippen molar-refractivity contribution < 1.29 is 5.11 Å².